The molecule has 4 amide bonds. The summed E-state index contributed by atoms with van der Waals surface area (Å²) in [6.07, 6.45) is 1.91. The van der Waals surface area contributed by atoms with Crippen molar-refractivity contribution in [1.82, 2.24) is 15.1 Å². The molecule has 3 rings (SSSR count). The number of hydrogen-bond donors (Lipinski definition) is 1. The zero-order valence-electron chi connectivity index (χ0n) is 20.1. The SMILES string of the molecule is CC[C@@H](C)NC(=O)[C@@H](C)N(CCc1ccccc1)C(=O)CCCN1C(=O)c2ccccc2C1=O. The van der Waals surface area contributed by atoms with Crippen molar-refractivity contribution in [2.24, 2.45) is 0 Å². The van der Waals surface area contributed by atoms with Gasteiger partial charge in [0.1, 0.15) is 6.04 Å². The highest BCUT2D eigenvalue weighted by atomic mass is 16.2. The standard InChI is InChI=1S/C27H33N3O4/c1-4-19(2)28-25(32)20(3)29(18-16-21-11-6-5-7-12-21)24(31)15-10-17-30-26(33)22-13-8-9-14-23(22)27(30)34/h5-9,11-14,19-20H,4,10,15-18H2,1-3H3,(H,28,32)/t19-,20-/m1/s1. The van der Waals surface area contributed by atoms with E-state index in [1.54, 1.807) is 36.1 Å². The van der Waals surface area contributed by atoms with Gasteiger partial charge in [-0.05, 0) is 50.8 Å². The lowest BCUT2D eigenvalue weighted by Crippen LogP contribution is -2.50. The Balaban J connectivity index is 1.62. The largest absolute Gasteiger partial charge is 0.352 e. The monoisotopic (exact) mass is 463 g/mol. The van der Waals surface area contributed by atoms with Crippen molar-refractivity contribution in [3.8, 4) is 0 Å². The maximum absolute atomic E-state index is 13.2. The lowest BCUT2D eigenvalue weighted by Gasteiger charge is -2.30. The molecule has 0 spiro atoms. The zero-order valence-corrected chi connectivity index (χ0v) is 20.1. The summed E-state index contributed by atoms with van der Waals surface area (Å²) < 4.78 is 0. The molecular weight excluding hydrogens is 430 g/mol. The Labute approximate surface area is 201 Å². The van der Waals surface area contributed by atoms with E-state index >= 15 is 0 Å². The van der Waals surface area contributed by atoms with Crippen LogP contribution in [0.4, 0.5) is 0 Å². The second-order valence-corrected chi connectivity index (χ2v) is 8.73. The van der Waals surface area contributed by atoms with Crippen LogP contribution in [0.1, 0.15) is 66.3 Å². The fourth-order valence-corrected chi connectivity index (χ4v) is 4.01. The fraction of sp³-hybridized carbons (Fsp3) is 0.407. The van der Waals surface area contributed by atoms with Crippen LogP contribution in [0.2, 0.25) is 0 Å². The van der Waals surface area contributed by atoms with Gasteiger partial charge in [-0.1, -0.05) is 49.4 Å². The van der Waals surface area contributed by atoms with Crippen LogP contribution in [0.3, 0.4) is 0 Å². The van der Waals surface area contributed by atoms with Gasteiger partial charge in [0.25, 0.3) is 11.8 Å². The van der Waals surface area contributed by atoms with Crippen LogP contribution in [0.15, 0.2) is 54.6 Å². The van der Waals surface area contributed by atoms with Crippen LogP contribution >= 0.6 is 0 Å². The molecule has 0 radical (unpaired) electrons. The number of nitrogens with zero attached hydrogens (tertiary/aromatic N) is 2. The summed E-state index contributed by atoms with van der Waals surface area (Å²) in [5.41, 5.74) is 1.89. The van der Waals surface area contributed by atoms with E-state index in [-0.39, 0.29) is 42.6 Å². The summed E-state index contributed by atoms with van der Waals surface area (Å²) >= 11 is 0. The topological polar surface area (TPSA) is 86.8 Å². The van der Waals surface area contributed by atoms with Crippen molar-refractivity contribution in [2.75, 3.05) is 13.1 Å². The van der Waals surface area contributed by atoms with E-state index in [1.807, 2.05) is 44.2 Å². The molecular formula is C27H33N3O4. The predicted octanol–water partition coefficient (Wildman–Crippen LogP) is 3.44. The van der Waals surface area contributed by atoms with Crippen LogP contribution in [-0.2, 0) is 16.0 Å². The van der Waals surface area contributed by atoms with Crippen LogP contribution < -0.4 is 5.32 Å². The van der Waals surface area contributed by atoms with Gasteiger partial charge in [-0.25, -0.2) is 0 Å². The van der Waals surface area contributed by atoms with Gasteiger partial charge in [-0.15, -0.1) is 0 Å². The molecule has 34 heavy (non-hydrogen) atoms. The number of carbonyl (C=O) groups excluding carboxylic acids is 4. The fourth-order valence-electron chi connectivity index (χ4n) is 4.01. The lowest BCUT2D eigenvalue weighted by molar-refractivity contribution is -0.140. The zero-order chi connectivity index (χ0) is 24.7. The second-order valence-electron chi connectivity index (χ2n) is 8.73. The molecule has 0 bridgehead atoms. The quantitative estimate of drug-likeness (QED) is 0.517. The van der Waals surface area contributed by atoms with Gasteiger partial charge < -0.3 is 10.2 Å². The normalized spacial score (nSPS) is 14.5. The first kappa shape index (κ1) is 25.1. The Kier molecular flexibility index (Phi) is 8.57. The molecule has 2 aromatic carbocycles. The van der Waals surface area contributed by atoms with Crippen LogP contribution in [0, 0.1) is 0 Å². The molecule has 1 N–H and O–H groups in total. The number of imide groups is 1. The molecule has 2 aromatic rings. The van der Waals surface area contributed by atoms with Gasteiger partial charge in [-0.2, -0.15) is 0 Å². The van der Waals surface area contributed by atoms with Crippen LogP contribution in [0.25, 0.3) is 0 Å². The van der Waals surface area contributed by atoms with E-state index in [9.17, 15) is 19.2 Å². The average Bonchev–Trinajstić information content (AvgIpc) is 3.09. The van der Waals surface area contributed by atoms with Crippen molar-refractivity contribution in [2.45, 2.75) is 58.5 Å². The second kappa shape index (κ2) is 11.6. The molecule has 1 aliphatic rings. The Morgan fingerprint density at radius 3 is 2.12 bits per heavy atom. The van der Waals surface area contributed by atoms with Gasteiger partial charge >= 0.3 is 0 Å². The van der Waals surface area contributed by atoms with E-state index in [1.165, 1.54) is 4.90 Å². The molecule has 2 atom stereocenters. The van der Waals surface area contributed by atoms with Crippen LogP contribution in [-0.4, -0.2) is 58.6 Å². The first-order chi connectivity index (χ1) is 16.3. The van der Waals surface area contributed by atoms with Crippen molar-refractivity contribution < 1.29 is 19.2 Å². The van der Waals surface area contributed by atoms with Gasteiger partial charge in [0.05, 0.1) is 11.1 Å². The smallest absolute Gasteiger partial charge is 0.261 e. The third-order valence-corrected chi connectivity index (χ3v) is 6.30. The first-order valence-corrected chi connectivity index (χ1v) is 11.9. The molecule has 1 heterocycles. The number of hydrogen-bond acceptors (Lipinski definition) is 4. The molecule has 0 aromatic heterocycles. The number of fused-ring (bicyclic) bond motifs is 1. The number of nitrogens with one attached hydrogen (secondary N) is 1. The van der Waals surface area contributed by atoms with Gasteiger partial charge in [0.15, 0.2) is 0 Å². The highest BCUT2D eigenvalue weighted by molar-refractivity contribution is 6.21. The van der Waals surface area contributed by atoms with E-state index < -0.39 is 6.04 Å². The summed E-state index contributed by atoms with van der Waals surface area (Å²) in [6.45, 7) is 6.24. The highest BCUT2D eigenvalue weighted by Crippen LogP contribution is 2.22. The van der Waals surface area contributed by atoms with Gasteiger partial charge in [0.2, 0.25) is 11.8 Å². The molecule has 7 nitrogen and oxygen atoms in total. The summed E-state index contributed by atoms with van der Waals surface area (Å²) in [7, 11) is 0. The summed E-state index contributed by atoms with van der Waals surface area (Å²) in [5, 5.41) is 2.96. The maximum atomic E-state index is 13.2. The third-order valence-electron chi connectivity index (χ3n) is 6.30. The number of amides is 4. The average molecular weight is 464 g/mol. The maximum Gasteiger partial charge on any atom is 0.261 e. The van der Waals surface area contributed by atoms with E-state index in [4.69, 9.17) is 0 Å². The molecule has 180 valence electrons. The molecule has 0 aliphatic carbocycles. The first-order valence-electron chi connectivity index (χ1n) is 11.9. The van der Waals surface area contributed by atoms with E-state index in [0.717, 1.165) is 12.0 Å². The third kappa shape index (κ3) is 5.90. The summed E-state index contributed by atoms with van der Waals surface area (Å²) in [6, 6.07) is 16.0. The highest BCUT2D eigenvalue weighted by Gasteiger charge is 2.35. The minimum atomic E-state index is -0.621. The molecule has 0 unspecified atom stereocenters. The van der Waals surface area contributed by atoms with Crippen LogP contribution in [0.5, 0.6) is 0 Å². The molecule has 0 saturated carbocycles. The minimum absolute atomic E-state index is 0.0230. The molecule has 7 heteroatoms. The number of rotatable bonds is 11. The Hall–Kier alpha value is -3.48. The molecule has 1 aliphatic heterocycles. The van der Waals surface area contributed by atoms with Crippen molar-refractivity contribution in [3.63, 3.8) is 0 Å². The number of benzene rings is 2. The number of carbonyl (C=O) groups is 4. The lowest BCUT2D eigenvalue weighted by atomic mass is 10.1. The Morgan fingerprint density at radius 2 is 1.53 bits per heavy atom. The summed E-state index contributed by atoms with van der Waals surface area (Å²) in [4.78, 5) is 53.9. The van der Waals surface area contributed by atoms with Gasteiger partial charge in [0, 0.05) is 25.6 Å². The van der Waals surface area contributed by atoms with Crippen molar-refractivity contribution in [1.29, 1.82) is 0 Å². The summed E-state index contributed by atoms with van der Waals surface area (Å²) in [5.74, 6) is -0.999. The predicted molar refractivity (Wildman–Crippen MR) is 130 cm³/mol. The molecule has 0 saturated heterocycles. The van der Waals surface area contributed by atoms with Gasteiger partial charge in [-0.3, -0.25) is 24.1 Å². The Morgan fingerprint density at radius 1 is 0.941 bits per heavy atom. The van der Waals surface area contributed by atoms with Crippen molar-refractivity contribution in [3.05, 3.63) is 71.3 Å². The van der Waals surface area contributed by atoms with E-state index in [2.05, 4.69) is 5.32 Å². The van der Waals surface area contributed by atoms with Crippen molar-refractivity contribution >= 4 is 23.6 Å². The molecule has 0 fully saturated rings. The van der Waals surface area contributed by atoms with E-state index in [0.29, 0.717) is 30.5 Å². The Bertz CT molecular complexity index is 1000. The minimum Gasteiger partial charge on any atom is -0.352 e.